The molecule has 28 heavy (non-hydrogen) atoms. The van der Waals surface area contributed by atoms with Gasteiger partial charge in [0, 0.05) is 17.5 Å². The van der Waals surface area contributed by atoms with Gasteiger partial charge in [-0.1, -0.05) is 15.9 Å². The summed E-state index contributed by atoms with van der Waals surface area (Å²) in [6.45, 7) is 0.958. The van der Waals surface area contributed by atoms with E-state index in [0.29, 0.717) is 15.8 Å². The molecular formula is C17H13BrN4O6. The number of anilines is 2. The van der Waals surface area contributed by atoms with Gasteiger partial charge < -0.3 is 15.1 Å². The highest BCUT2D eigenvalue weighted by atomic mass is 79.9. The zero-order chi connectivity index (χ0) is 20.4. The second kappa shape index (κ2) is 7.64. The van der Waals surface area contributed by atoms with Crippen molar-refractivity contribution in [1.29, 1.82) is 0 Å². The molecule has 0 unspecified atom stereocenters. The van der Waals surface area contributed by atoms with Gasteiger partial charge in [0.1, 0.15) is 6.54 Å². The van der Waals surface area contributed by atoms with E-state index in [4.69, 9.17) is 4.42 Å². The summed E-state index contributed by atoms with van der Waals surface area (Å²) in [7, 11) is 0. The molecule has 0 aliphatic rings. The van der Waals surface area contributed by atoms with Crippen LogP contribution in [0.5, 0.6) is 0 Å². The monoisotopic (exact) mass is 448 g/mol. The Balaban J connectivity index is 1.87. The van der Waals surface area contributed by atoms with Gasteiger partial charge in [0.15, 0.2) is 5.58 Å². The first-order chi connectivity index (χ1) is 13.2. The summed E-state index contributed by atoms with van der Waals surface area (Å²) in [5, 5.41) is 16.1. The van der Waals surface area contributed by atoms with E-state index in [1.165, 1.54) is 19.1 Å². The number of benzene rings is 2. The molecule has 1 heterocycles. The highest BCUT2D eigenvalue weighted by Crippen LogP contribution is 2.26. The predicted octanol–water partition coefficient (Wildman–Crippen LogP) is 2.86. The Morgan fingerprint density at radius 1 is 1.18 bits per heavy atom. The minimum atomic E-state index is -0.818. The zero-order valence-electron chi connectivity index (χ0n) is 14.4. The van der Waals surface area contributed by atoms with E-state index in [9.17, 15) is 24.5 Å². The molecule has 3 rings (SSSR count). The van der Waals surface area contributed by atoms with Crippen LogP contribution in [-0.4, -0.2) is 21.3 Å². The van der Waals surface area contributed by atoms with Crippen LogP contribution >= 0.6 is 15.9 Å². The van der Waals surface area contributed by atoms with Crippen LogP contribution in [0.4, 0.5) is 17.1 Å². The predicted molar refractivity (Wildman–Crippen MR) is 104 cm³/mol. The number of nitro groups is 1. The number of fused-ring (bicyclic) bond motifs is 1. The maximum Gasteiger partial charge on any atom is 0.420 e. The Kier molecular flexibility index (Phi) is 5.27. The van der Waals surface area contributed by atoms with Crippen molar-refractivity contribution in [1.82, 2.24) is 4.57 Å². The average Bonchev–Trinajstić information content (AvgIpc) is 2.91. The molecule has 0 atom stereocenters. The Morgan fingerprint density at radius 2 is 1.93 bits per heavy atom. The summed E-state index contributed by atoms with van der Waals surface area (Å²) >= 11 is 3.29. The van der Waals surface area contributed by atoms with Crippen molar-refractivity contribution in [3.05, 3.63) is 61.5 Å². The lowest BCUT2D eigenvalue weighted by molar-refractivity contribution is -0.384. The lowest BCUT2D eigenvalue weighted by Gasteiger charge is -2.12. The Hall–Kier alpha value is -3.47. The summed E-state index contributed by atoms with van der Waals surface area (Å²) in [5.74, 6) is -1.67. The van der Waals surface area contributed by atoms with E-state index in [1.54, 1.807) is 18.2 Å². The number of oxazole rings is 1. The number of hydrogen-bond acceptors (Lipinski definition) is 6. The molecule has 0 spiro atoms. The molecule has 2 N–H and O–H groups in total. The Labute approximate surface area is 165 Å². The van der Waals surface area contributed by atoms with Crippen LogP contribution in [0.15, 0.2) is 50.1 Å². The molecule has 144 valence electrons. The van der Waals surface area contributed by atoms with E-state index in [2.05, 4.69) is 26.6 Å². The fourth-order valence-electron chi connectivity index (χ4n) is 2.57. The number of hydrogen-bond donors (Lipinski definition) is 2. The standard InChI is InChI=1S/C17H13BrN4O6/c1-9(23)19-12-4-2-10(18)6-13(12)20-16(24)8-21-14-5-3-11(22(26)27)7-15(14)28-17(21)25/h2-7H,8H2,1H3,(H,19,23)(H,20,24). The molecule has 0 radical (unpaired) electrons. The number of nitrogens with one attached hydrogen (secondary N) is 2. The first kappa shape index (κ1) is 19.3. The first-order valence-electron chi connectivity index (χ1n) is 7.89. The lowest BCUT2D eigenvalue weighted by atomic mass is 10.2. The molecule has 0 saturated heterocycles. The number of non-ortho nitro benzene ring substituents is 1. The van der Waals surface area contributed by atoms with Gasteiger partial charge in [-0.05, 0) is 24.3 Å². The van der Waals surface area contributed by atoms with Gasteiger partial charge >= 0.3 is 5.76 Å². The number of aromatic nitrogens is 1. The molecule has 0 aliphatic carbocycles. The van der Waals surface area contributed by atoms with E-state index < -0.39 is 16.6 Å². The second-order valence-electron chi connectivity index (χ2n) is 5.78. The molecule has 1 aromatic heterocycles. The van der Waals surface area contributed by atoms with Crippen LogP contribution in [0.25, 0.3) is 11.1 Å². The van der Waals surface area contributed by atoms with Crippen LogP contribution in [0.1, 0.15) is 6.92 Å². The van der Waals surface area contributed by atoms with Gasteiger partial charge in [0.2, 0.25) is 11.8 Å². The van der Waals surface area contributed by atoms with Crippen molar-refractivity contribution >= 4 is 55.9 Å². The summed E-state index contributed by atoms with van der Waals surface area (Å²) in [4.78, 5) is 46.0. The van der Waals surface area contributed by atoms with Crippen LogP contribution in [-0.2, 0) is 16.1 Å². The summed E-state index contributed by atoms with van der Waals surface area (Å²) in [5.41, 5.74) is 0.762. The largest absolute Gasteiger partial charge is 0.420 e. The Morgan fingerprint density at radius 3 is 2.61 bits per heavy atom. The van der Waals surface area contributed by atoms with Crippen molar-refractivity contribution in [2.45, 2.75) is 13.5 Å². The molecule has 0 bridgehead atoms. The van der Waals surface area contributed by atoms with Crippen LogP contribution in [0.2, 0.25) is 0 Å². The van der Waals surface area contributed by atoms with Crippen molar-refractivity contribution in [3.8, 4) is 0 Å². The number of amides is 2. The van der Waals surface area contributed by atoms with Gasteiger partial charge in [0.05, 0.1) is 27.9 Å². The molecule has 3 aromatic rings. The highest BCUT2D eigenvalue weighted by Gasteiger charge is 2.17. The number of carbonyl (C=O) groups excluding carboxylic acids is 2. The Bertz CT molecular complexity index is 1170. The van der Waals surface area contributed by atoms with Crippen molar-refractivity contribution in [3.63, 3.8) is 0 Å². The third-order valence-corrected chi connectivity index (χ3v) is 4.22. The van der Waals surface area contributed by atoms with Crippen LogP contribution in [0, 0.1) is 10.1 Å². The highest BCUT2D eigenvalue weighted by molar-refractivity contribution is 9.10. The maximum atomic E-state index is 12.5. The fraction of sp³-hybridized carbons (Fsp3) is 0.118. The van der Waals surface area contributed by atoms with E-state index in [1.807, 2.05) is 0 Å². The molecule has 11 heteroatoms. The molecule has 0 aliphatic heterocycles. The van der Waals surface area contributed by atoms with Crippen molar-refractivity contribution in [2.24, 2.45) is 0 Å². The zero-order valence-corrected chi connectivity index (χ0v) is 16.0. The van der Waals surface area contributed by atoms with Crippen LogP contribution < -0.4 is 16.4 Å². The maximum absolute atomic E-state index is 12.5. The smallest absolute Gasteiger partial charge is 0.407 e. The topological polar surface area (TPSA) is 136 Å². The third-order valence-electron chi connectivity index (χ3n) is 3.73. The average molecular weight is 449 g/mol. The van der Waals surface area contributed by atoms with Crippen LogP contribution in [0.3, 0.4) is 0 Å². The molecule has 0 saturated carbocycles. The number of nitrogens with zero attached hydrogens (tertiary/aromatic N) is 2. The minimum Gasteiger partial charge on any atom is -0.407 e. The third kappa shape index (κ3) is 4.09. The van der Waals surface area contributed by atoms with E-state index in [0.717, 1.165) is 10.6 Å². The first-order valence-corrected chi connectivity index (χ1v) is 8.68. The SMILES string of the molecule is CC(=O)Nc1ccc(Br)cc1NC(=O)Cn1c(=O)oc2cc([N+](=O)[O-])ccc21. The van der Waals surface area contributed by atoms with E-state index in [-0.39, 0.29) is 29.2 Å². The minimum absolute atomic E-state index is 0.00777. The van der Waals surface area contributed by atoms with Gasteiger partial charge in [-0.3, -0.25) is 24.3 Å². The van der Waals surface area contributed by atoms with Crippen molar-refractivity contribution in [2.75, 3.05) is 10.6 Å². The lowest BCUT2D eigenvalue weighted by Crippen LogP contribution is -2.25. The number of carbonyl (C=O) groups is 2. The second-order valence-corrected chi connectivity index (χ2v) is 6.70. The van der Waals surface area contributed by atoms with Gasteiger partial charge in [-0.2, -0.15) is 0 Å². The van der Waals surface area contributed by atoms with Crippen molar-refractivity contribution < 1.29 is 18.9 Å². The number of rotatable bonds is 5. The molecular weight excluding hydrogens is 436 g/mol. The molecule has 2 amide bonds. The summed E-state index contributed by atoms with van der Waals surface area (Å²) < 4.78 is 6.73. The summed E-state index contributed by atoms with van der Waals surface area (Å²) in [6, 6.07) is 8.58. The fourth-order valence-corrected chi connectivity index (χ4v) is 2.93. The summed E-state index contributed by atoms with van der Waals surface area (Å²) in [6.07, 6.45) is 0. The molecule has 0 fully saturated rings. The molecule has 2 aromatic carbocycles. The van der Waals surface area contributed by atoms with Gasteiger partial charge in [-0.15, -0.1) is 0 Å². The van der Waals surface area contributed by atoms with E-state index >= 15 is 0 Å². The normalized spacial score (nSPS) is 10.6. The van der Waals surface area contributed by atoms with Gasteiger partial charge in [-0.25, -0.2) is 4.79 Å². The quantitative estimate of drug-likeness (QED) is 0.454. The molecule has 10 nitrogen and oxygen atoms in total. The number of nitro benzene ring substituents is 1. The van der Waals surface area contributed by atoms with Gasteiger partial charge in [0.25, 0.3) is 5.69 Å². The number of halogens is 1.